The molecule has 0 aromatic carbocycles. The van der Waals surface area contributed by atoms with Crippen LogP contribution in [-0.2, 0) is 4.74 Å². The van der Waals surface area contributed by atoms with Crippen LogP contribution < -0.4 is 5.32 Å². The zero-order valence-electron chi connectivity index (χ0n) is 9.24. The van der Waals surface area contributed by atoms with E-state index in [0.29, 0.717) is 38.8 Å². The van der Waals surface area contributed by atoms with Gasteiger partial charge in [0.1, 0.15) is 0 Å². The molecule has 5 heteroatoms. The summed E-state index contributed by atoms with van der Waals surface area (Å²) in [5.74, 6) is 0.319. The van der Waals surface area contributed by atoms with Crippen LogP contribution in [0.4, 0.5) is 4.79 Å². The Hall–Kier alpha value is -0.810. The van der Waals surface area contributed by atoms with Crippen LogP contribution in [0.3, 0.4) is 0 Å². The number of carbonyl (C=O) groups excluding carboxylic acids is 1. The van der Waals surface area contributed by atoms with Crippen molar-refractivity contribution in [3.63, 3.8) is 0 Å². The fourth-order valence-corrected chi connectivity index (χ4v) is 1.46. The number of nitrogens with zero attached hydrogens (tertiary/aromatic N) is 1. The molecule has 88 valence electrons. The molecule has 1 heterocycles. The smallest absolute Gasteiger partial charge is 0.317 e. The van der Waals surface area contributed by atoms with Gasteiger partial charge in [0, 0.05) is 26.2 Å². The van der Waals surface area contributed by atoms with Gasteiger partial charge in [0.05, 0.1) is 13.2 Å². The second-order valence-corrected chi connectivity index (χ2v) is 3.90. The summed E-state index contributed by atoms with van der Waals surface area (Å²) < 4.78 is 5.16. The molecule has 0 aromatic rings. The number of aliphatic hydroxyl groups is 1. The molecule has 2 N–H and O–H groups in total. The van der Waals surface area contributed by atoms with Gasteiger partial charge >= 0.3 is 6.03 Å². The van der Waals surface area contributed by atoms with E-state index in [9.17, 15) is 4.79 Å². The molecule has 0 radical (unpaired) electrons. The number of hydrogen-bond acceptors (Lipinski definition) is 3. The summed E-state index contributed by atoms with van der Waals surface area (Å²) in [4.78, 5) is 13.4. The molecule has 0 aromatic heterocycles. The molecular weight excluding hydrogens is 196 g/mol. The topological polar surface area (TPSA) is 61.8 Å². The Bertz CT molecular complexity index is 193. The minimum absolute atomic E-state index is 0.0249. The van der Waals surface area contributed by atoms with Gasteiger partial charge in [-0.15, -0.1) is 0 Å². The molecule has 1 aliphatic rings. The largest absolute Gasteiger partial charge is 0.396 e. The van der Waals surface area contributed by atoms with Crippen molar-refractivity contribution in [3.05, 3.63) is 0 Å². The lowest BCUT2D eigenvalue weighted by Crippen LogP contribution is -2.47. The number of carbonyl (C=O) groups is 1. The van der Waals surface area contributed by atoms with Crippen LogP contribution in [0.1, 0.15) is 13.3 Å². The Morgan fingerprint density at radius 3 is 2.80 bits per heavy atom. The average Bonchev–Trinajstić information content (AvgIpc) is 2.27. The molecule has 1 fully saturated rings. The Labute approximate surface area is 90.4 Å². The van der Waals surface area contributed by atoms with E-state index in [2.05, 4.69) is 5.32 Å². The molecule has 1 unspecified atom stereocenters. The standard InChI is InChI=1S/C10H20N2O3/c1-9(2-5-13)8-11-10(14)12-3-6-15-7-4-12/h9,13H,2-8H2,1H3,(H,11,14). The van der Waals surface area contributed by atoms with Crippen molar-refractivity contribution in [1.82, 2.24) is 10.2 Å². The van der Waals surface area contributed by atoms with E-state index in [0.717, 1.165) is 6.42 Å². The van der Waals surface area contributed by atoms with Gasteiger partial charge in [-0.3, -0.25) is 0 Å². The lowest BCUT2D eigenvalue weighted by atomic mass is 10.1. The number of amides is 2. The number of rotatable bonds is 4. The van der Waals surface area contributed by atoms with E-state index in [-0.39, 0.29) is 12.6 Å². The van der Waals surface area contributed by atoms with Crippen LogP contribution in [0.2, 0.25) is 0 Å². The average molecular weight is 216 g/mol. The van der Waals surface area contributed by atoms with Gasteiger partial charge in [-0.2, -0.15) is 0 Å². The first-order valence-corrected chi connectivity index (χ1v) is 5.45. The van der Waals surface area contributed by atoms with Gasteiger partial charge < -0.3 is 20.1 Å². The maximum Gasteiger partial charge on any atom is 0.317 e. The molecule has 2 amide bonds. The van der Waals surface area contributed by atoms with E-state index < -0.39 is 0 Å². The van der Waals surface area contributed by atoms with Crippen molar-refractivity contribution >= 4 is 6.03 Å². The SMILES string of the molecule is CC(CCO)CNC(=O)N1CCOCC1. The third kappa shape index (κ3) is 4.48. The van der Waals surface area contributed by atoms with Gasteiger partial charge in [-0.1, -0.05) is 6.92 Å². The number of urea groups is 1. The first-order valence-electron chi connectivity index (χ1n) is 5.45. The summed E-state index contributed by atoms with van der Waals surface area (Å²) in [6, 6.07) is -0.0249. The Balaban J connectivity index is 2.16. The minimum atomic E-state index is -0.0249. The van der Waals surface area contributed by atoms with Gasteiger partial charge in [0.15, 0.2) is 0 Å². The van der Waals surface area contributed by atoms with Crippen LogP contribution >= 0.6 is 0 Å². The highest BCUT2D eigenvalue weighted by Crippen LogP contribution is 2.00. The summed E-state index contributed by atoms with van der Waals surface area (Å²) >= 11 is 0. The molecule has 0 saturated carbocycles. The zero-order valence-corrected chi connectivity index (χ0v) is 9.24. The molecule has 15 heavy (non-hydrogen) atoms. The molecule has 0 bridgehead atoms. The monoisotopic (exact) mass is 216 g/mol. The normalized spacial score (nSPS) is 18.7. The van der Waals surface area contributed by atoms with Crippen molar-refractivity contribution in [1.29, 1.82) is 0 Å². The predicted molar refractivity (Wildman–Crippen MR) is 56.7 cm³/mol. The molecule has 0 aliphatic carbocycles. The van der Waals surface area contributed by atoms with E-state index in [1.54, 1.807) is 4.90 Å². The highest BCUT2D eigenvalue weighted by molar-refractivity contribution is 5.74. The van der Waals surface area contributed by atoms with Crippen LogP contribution in [0, 0.1) is 5.92 Å². The summed E-state index contributed by atoms with van der Waals surface area (Å²) in [5, 5.41) is 11.6. The maximum atomic E-state index is 11.6. The fourth-order valence-electron chi connectivity index (χ4n) is 1.46. The molecule has 5 nitrogen and oxygen atoms in total. The highest BCUT2D eigenvalue weighted by atomic mass is 16.5. The number of morpholine rings is 1. The number of aliphatic hydroxyl groups excluding tert-OH is 1. The Morgan fingerprint density at radius 2 is 2.20 bits per heavy atom. The van der Waals surface area contributed by atoms with Crippen molar-refractivity contribution in [3.8, 4) is 0 Å². The molecular formula is C10H20N2O3. The van der Waals surface area contributed by atoms with Gasteiger partial charge in [0.2, 0.25) is 0 Å². The van der Waals surface area contributed by atoms with E-state index in [1.165, 1.54) is 0 Å². The summed E-state index contributed by atoms with van der Waals surface area (Å²) in [6.45, 7) is 5.39. The van der Waals surface area contributed by atoms with E-state index >= 15 is 0 Å². The van der Waals surface area contributed by atoms with E-state index in [4.69, 9.17) is 9.84 Å². The minimum Gasteiger partial charge on any atom is -0.396 e. The molecule has 1 saturated heterocycles. The first-order chi connectivity index (χ1) is 7.24. The second kappa shape index (κ2) is 6.63. The molecule has 1 atom stereocenters. The quantitative estimate of drug-likeness (QED) is 0.698. The molecule has 0 spiro atoms. The molecule has 1 aliphatic heterocycles. The fraction of sp³-hybridized carbons (Fsp3) is 0.900. The van der Waals surface area contributed by atoms with Crippen molar-refractivity contribution < 1.29 is 14.6 Å². The van der Waals surface area contributed by atoms with Crippen LogP contribution in [0.15, 0.2) is 0 Å². The van der Waals surface area contributed by atoms with Gasteiger partial charge in [-0.25, -0.2) is 4.79 Å². The Morgan fingerprint density at radius 1 is 1.53 bits per heavy atom. The first kappa shape index (κ1) is 12.3. The van der Waals surface area contributed by atoms with Crippen LogP contribution in [0.25, 0.3) is 0 Å². The molecule has 1 rings (SSSR count). The summed E-state index contributed by atoms with van der Waals surface area (Å²) in [5.41, 5.74) is 0. The lowest BCUT2D eigenvalue weighted by Gasteiger charge is -2.27. The Kier molecular flexibility index (Phi) is 5.42. The van der Waals surface area contributed by atoms with Crippen molar-refractivity contribution in [2.45, 2.75) is 13.3 Å². The number of hydrogen-bond donors (Lipinski definition) is 2. The van der Waals surface area contributed by atoms with Crippen molar-refractivity contribution in [2.24, 2.45) is 5.92 Å². The number of ether oxygens (including phenoxy) is 1. The summed E-state index contributed by atoms with van der Waals surface area (Å²) in [7, 11) is 0. The second-order valence-electron chi connectivity index (χ2n) is 3.90. The maximum absolute atomic E-state index is 11.6. The van der Waals surface area contributed by atoms with Crippen LogP contribution in [-0.4, -0.2) is 55.5 Å². The third-order valence-electron chi connectivity index (χ3n) is 2.52. The summed E-state index contributed by atoms with van der Waals surface area (Å²) in [6.07, 6.45) is 0.726. The van der Waals surface area contributed by atoms with Crippen molar-refractivity contribution in [2.75, 3.05) is 39.5 Å². The zero-order chi connectivity index (χ0) is 11.1. The number of nitrogens with one attached hydrogen (secondary N) is 1. The lowest BCUT2D eigenvalue weighted by molar-refractivity contribution is 0.0529. The highest BCUT2D eigenvalue weighted by Gasteiger charge is 2.16. The third-order valence-corrected chi connectivity index (χ3v) is 2.52. The van der Waals surface area contributed by atoms with Gasteiger partial charge in [-0.05, 0) is 12.3 Å². The predicted octanol–water partition coefficient (Wildman–Crippen LogP) is 0.0467. The van der Waals surface area contributed by atoms with Gasteiger partial charge in [0.25, 0.3) is 0 Å². The van der Waals surface area contributed by atoms with E-state index in [1.807, 2.05) is 6.92 Å². The van der Waals surface area contributed by atoms with Crippen LogP contribution in [0.5, 0.6) is 0 Å².